The minimum atomic E-state index is -1.05. The fourth-order valence-corrected chi connectivity index (χ4v) is 3.03. The van der Waals surface area contributed by atoms with E-state index in [-0.39, 0.29) is 5.92 Å². The maximum atomic E-state index is 11.7. The van der Waals surface area contributed by atoms with Gasteiger partial charge in [0, 0.05) is 5.92 Å². The third-order valence-corrected chi connectivity index (χ3v) is 4.35. The highest BCUT2D eigenvalue weighted by atomic mass is 16.3. The Kier molecular flexibility index (Phi) is 4.08. The molecule has 1 nitrogen and oxygen atoms in total. The maximum Gasteiger partial charge on any atom is 0.121 e. The van der Waals surface area contributed by atoms with E-state index in [9.17, 15) is 5.11 Å². The molecule has 3 rings (SSSR count). The zero-order valence-electron chi connectivity index (χ0n) is 12.7. The smallest absolute Gasteiger partial charge is 0.121 e. The molecule has 3 aromatic rings. The van der Waals surface area contributed by atoms with E-state index < -0.39 is 5.60 Å². The van der Waals surface area contributed by atoms with Gasteiger partial charge in [0.1, 0.15) is 5.60 Å². The molecule has 0 heterocycles. The summed E-state index contributed by atoms with van der Waals surface area (Å²) in [5.41, 5.74) is 1.90. The first-order chi connectivity index (χ1) is 10.7. The van der Waals surface area contributed by atoms with Gasteiger partial charge in [-0.2, -0.15) is 0 Å². The van der Waals surface area contributed by atoms with Crippen molar-refractivity contribution in [3.05, 3.63) is 108 Å². The fourth-order valence-electron chi connectivity index (χ4n) is 3.03. The van der Waals surface area contributed by atoms with Crippen molar-refractivity contribution in [3.8, 4) is 0 Å². The van der Waals surface area contributed by atoms with Crippen molar-refractivity contribution in [1.29, 1.82) is 0 Å². The lowest BCUT2D eigenvalue weighted by molar-refractivity contribution is 0.0555. The third kappa shape index (κ3) is 2.56. The van der Waals surface area contributed by atoms with Crippen molar-refractivity contribution in [2.45, 2.75) is 18.4 Å². The number of hydrogen-bond donors (Lipinski definition) is 1. The Bertz CT molecular complexity index is 665. The molecule has 0 saturated carbocycles. The predicted molar refractivity (Wildman–Crippen MR) is 90.7 cm³/mol. The van der Waals surface area contributed by atoms with Gasteiger partial charge < -0.3 is 5.11 Å². The first-order valence-corrected chi connectivity index (χ1v) is 7.61. The summed E-state index contributed by atoms with van der Waals surface area (Å²) in [5.74, 6) is -0.0569. The van der Waals surface area contributed by atoms with Crippen LogP contribution in [0.4, 0.5) is 0 Å². The van der Waals surface area contributed by atoms with Crippen molar-refractivity contribution < 1.29 is 5.11 Å². The maximum absolute atomic E-state index is 11.7. The van der Waals surface area contributed by atoms with Crippen molar-refractivity contribution in [3.63, 3.8) is 0 Å². The monoisotopic (exact) mass is 288 g/mol. The molecule has 1 heteroatoms. The molecule has 110 valence electrons. The highest BCUT2D eigenvalue weighted by molar-refractivity contribution is 5.41. The van der Waals surface area contributed by atoms with Crippen LogP contribution in [-0.2, 0) is 5.60 Å². The molecule has 1 N–H and O–H groups in total. The molecule has 0 aliphatic heterocycles. The lowest BCUT2D eigenvalue weighted by Gasteiger charge is -2.35. The van der Waals surface area contributed by atoms with Crippen LogP contribution in [0.2, 0.25) is 0 Å². The van der Waals surface area contributed by atoms with Gasteiger partial charge in [-0.25, -0.2) is 0 Å². The van der Waals surface area contributed by atoms with Crippen molar-refractivity contribution in [2.24, 2.45) is 0 Å². The van der Waals surface area contributed by atoms with Gasteiger partial charge in [0.15, 0.2) is 0 Å². The number of benzene rings is 3. The molecule has 0 saturated heterocycles. The molecule has 1 atom stereocenters. The molecular formula is C21H20O. The highest BCUT2D eigenvalue weighted by Gasteiger charge is 2.38. The third-order valence-electron chi connectivity index (χ3n) is 4.35. The zero-order chi connectivity index (χ0) is 15.4. The van der Waals surface area contributed by atoms with Crippen LogP contribution in [0.3, 0.4) is 0 Å². The summed E-state index contributed by atoms with van der Waals surface area (Å²) in [6.45, 7) is 2.08. The average Bonchev–Trinajstić information content (AvgIpc) is 2.62. The van der Waals surface area contributed by atoms with Gasteiger partial charge in [0.2, 0.25) is 0 Å². The first kappa shape index (κ1) is 14.6. The molecule has 0 spiro atoms. The van der Waals surface area contributed by atoms with Crippen molar-refractivity contribution >= 4 is 0 Å². The molecular weight excluding hydrogens is 268 g/mol. The van der Waals surface area contributed by atoms with Gasteiger partial charge in [-0.05, 0) is 16.7 Å². The number of hydrogen-bond acceptors (Lipinski definition) is 1. The van der Waals surface area contributed by atoms with Gasteiger partial charge in [0.25, 0.3) is 0 Å². The highest BCUT2D eigenvalue weighted by Crippen LogP contribution is 2.42. The quantitative estimate of drug-likeness (QED) is 0.736. The molecule has 0 radical (unpaired) electrons. The van der Waals surface area contributed by atoms with Gasteiger partial charge in [-0.1, -0.05) is 97.9 Å². The van der Waals surface area contributed by atoms with Gasteiger partial charge >= 0.3 is 0 Å². The number of aliphatic hydroxyl groups is 1. The zero-order valence-corrected chi connectivity index (χ0v) is 12.7. The van der Waals surface area contributed by atoms with Gasteiger partial charge in [0.05, 0.1) is 0 Å². The van der Waals surface area contributed by atoms with E-state index in [1.54, 1.807) is 0 Å². The SMILES string of the molecule is C[C@H](c1ccccc1)C(O)(c1ccccc1)c1ccccc1. The lowest BCUT2D eigenvalue weighted by Crippen LogP contribution is -2.33. The predicted octanol–water partition coefficient (Wildman–Crippen LogP) is 4.73. The second kappa shape index (κ2) is 6.17. The minimum Gasteiger partial charge on any atom is -0.380 e. The van der Waals surface area contributed by atoms with Crippen LogP contribution in [0.1, 0.15) is 29.5 Å². The Balaban J connectivity index is 2.16. The fraction of sp³-hybridized carbons (Fsp3) is 0.143. The largest absolute Gasteiger partial charge is 0.380 e. The van der Waals surface area contributed by atoms with Gasteiger partial charge in [-0.15, -0.1) is 0 Å². The topological polar surface area (TPSA) is 20.2 Å². The average molecular weight is 288 g/mol. The molecule has 0 fully saturated rings. The van der Waals surface area contributed by atoms with Crippen LogP contribution < -0.4 is 0 Å². The summed E-state index contributed by atoms with van der Waals surface area (Å²) in [4.78, 5) is 0. The molecule has 22 heavy (non-hydrogen) atoms. The minimum absolute atomic E-state index is 0.0569. The summed E-state index contributed by atoms with van der Waals surface area (Å²) < 4.78 is 0. The summed E-state index contributed by atoms with van der Waals surface area (Å²) in [6, 6.07) is 30.0. The molecule has 0 unspecified atom stereocenters. The van der Waals surface area contributed by atoms with E-state index in [1.807, 2.05) is 78.9 Å². The second-order valence-corrected chi connectivity index (χ2v) is 5.63. The number of rotatable bonds is 4. The molecule has 0 bridgehead atoms. The van der Waals surface area contributed by atoms with Crippen LogP contribution in [0.5, 0.6) is 0 Å². The van der Waals surface area contributed by atoms with Crippen molar-refractivity contribution in [2.75, 3.05) is 0 Å². The summed E-state index contributed by atoms with van der Waals surface area (Å²) in [5, 5.41) is 11.7. The summed E-state index contributed by atoms with van der Waals surface area (Å²) in [6.07, 6.45) is 0. The van der Waals surface area contributed by atoms with Crippen LogP contribution in [0.15, 0.2) is 91.0 Å². The first-order valence-electron chi connectivity index (χ1n) is 7.61. The lowest BCUT2D eigenvalue weighted by atomic mass is 9.74. The van der Waals surface area contributed by atoms with E-state index in [2.05, 4.69) is 19.1 Å². The second-order valence-electron chi connectivity index (χ2n) is 5.63. The van der Waals surface area contributed by atoms with E-state index in [4.69, 9.17) is 0 Å². The molecule has 3 aromatic carbocycles. The van der Waals surface area contributed by atoms with Crippen LogP contribution in [0, 0.1) is 0 Å². The summed E-state index contributed by atoms with van der Waals surface area (Å²) >= 11 is 0. The standard InChI is InChI=1S/C21H20O/c1-17(18-11-5-2-6-12-18)21(22,19-13-7-3-8-14-19)20-15-9-4-10-16-20/h2-17,22H,1H3/t17-/m1/s1. The Morgan fingerprint density at radius 1 is 0.636 bits per heavy atom. The molecule has 0 aliphatic carbocycles. The van der Waals surface area contributed by atoms with E-state index in [1.165, 1.54) is 0 Å². The summed E-state index contributed by atoms with van der Waals surface area (Å²) in [7, 11) is 0. The van der Waals surface area contributed by atoms with Gasteiger partial charge in [-0.3, -0.25) is 0 Å². The van der Waals surface area contributed by atoms with E-state index in [0.717, 1.165) is 16.7 Å². The van der Waals surface area contributed by atoms with Crippen molar-refractivity contribution in [1.82, 2.24) is 0 Å². The normalized spacial score (nSPS) is 12.8. The van der Waals surface area contributed by atoms with E-state index >= 15 is 0 Å². The molecule has 0 aliphatic rings. The molecule has 0 aromatic heterocycles. The van der Waals surface area contributed by atoms with E-state index in [0.29, 0.717) is 0 Å². The Morgan fingerprint density at radius 3 is 1.41 bits per heavy atom. The Morgan fingerprint density at radius 2 is 1.00 bits per heavy atom. The van der Waals surface area contributed by atoms with Crippen LogP contribution >= 0.6 is 0 Å². The Hall–Kier alpha value is -2.38. The van der Waals surface area contributed by atoms with Crippen LogP contribution in [0.25, 0.3) is 0 Å². The Labute approximate surface area is 131 Å². The molecule has 0 amide bonds. The van der Waals surface area contributed by atoms with Crippen LogP contribution in [-0.4, -0.2) is 5.11 Å².